The fourth-order valence-corrected chi connectivity index (χ4v) is 2.35. The lowest BCUT2D eigenvalue weighted by molar-refractivity contribution is 0.199. The minimum Gasteiger partial charge on any atom is -0.410 e. The zero-order valence-electron chi connectivity index (χ0n) is 12.6. The van der Waals surface area contributed by atoms with Crippen molar-refractivity contribution in [2.75, 3.05) is 11.9 Å². The molecule has 1 aliphatic carbocycles. The number of aliphatic hydroxyl groups is 1. The highest BCUT2D eigenvalue weighted by Crippen LogP contribution is 2.35. The van der Waals surface area contributed by atoms with Crippen molar-refractivity contribution in [2.24, 2.45) is 7.05 Å². The lowest BCUT2D eigenvalue weighted by Crippen LogP contribution is -2.27. The zero-order chi connectivity index (χ0) is 15.9. The van der Waals surface area contributed by atoms with Gasteiger partial charge in [-0.1, -0.05) is 24.3 Å². The highest BCUT2D eigenvalue weighted by Gasteiger charge is 2.26. The van der Waals surface area contributed by atoms with E-state index in [1.54, 1.807) is 17.8 Å². The Morgan fingerprint density at radius 2 is 2.14 bits per heavy atom. The van der Waals surface area contributed by atoms with E-state index in [0.29, 0.717) is 11.6 Å². The van der Waals surface area contributed by atoms with Gasteiger partial charge in [-0.05, 0) is 18.6 Å². The van der Waals surface area contributed by atoms with Crippen LogP contribution in [0.4, 0.5) is 10.6 Å². The topological polar surface area (TPSA) is 67.6 Å². The highest BCUT2D eigenvalue weighted by atomic mass is 16.6. The van der Waals surface area contributed by atoms with Gasteiger partial charge < -0.3 is 9.84 Å². The molecular formula is C16H17N3O3. The molecule has 1 amide bonds. The van der Waals surface area contributed by atoms with Gasteiger partial charge in [0.15, 0.2) is 5.82 Å². The van der Waals surface area contributed by atoms with Gasteiger partial charge in [0, 0.05) is 31.4 Å². The second kappa shape index (κ2) is 5.31. The van der Waals surface area contributed by atoms with Gasteiger partial charge in [-0.3, -0.25) is 9.58 Å². The van der Waals surface area contributed by atoms with Crippen LogP contribution in [0.1, 0.15) is 22.9 Å². The Labute approximate surface area is 128 Å². The number of hydrogen-bond donors (Lipinski definition) is 1. The first kappa shape index (κ1) is 14.3. The van der Waals surface area contributed by atoms with Crippen LogP contribution >= 0.6 is 0 Å². The summed E-state index contributed by atoms with van der Waals surface area (Å²) in [6.07, 6.45) is 0.231. The number of benzene rings is 1. The molecular weight excluding hydrogens is 282 g/mol. The first-order valence-electron chi connectivity index (χ1n) is 6.92. The van der Waals surface area contributed by atoms with Crippen LogP contribution in [0.3, 0.4) is 0 Å². The van der Waals surface area contributed by atoms with Crippen molar-refractivity contribution in [3.8, 4) is 0 Å². The number of aliphatic hydroxyl groups excluding tert-OH is 1. The van der Waals surface area contributed by atoms with E-state index >= 15 is 0 Å². The molecule has 0 aliphatic heterocycles. The van der Waals surface area contributed by atoms with Gasteiger partial charge in [0.1, 0.15) is 11.9 Å². The SMILES string of the molecule is Cc1cc(N(C)C(=O)OC2=CC(O)c3ccccc32)nn1C. The number of aryl methyl sites for hydroxylation is 2. The summed E-state index contributed by atoms with van der Waals surface area (Å²) in [4.78, 5) is 13.6. The fraction of sp³-hybridized carbons (Fsp3) is 0.250. The van der Waals surface area contributed by atoms with Gasteiger partial charge in [-0.15, -0.1) is 0 Å². The van der Waals surface area contributed by atoms with E-state index in [1.165, 1.54) is 11.0 Å². The average Bonchev–Trinajstić information content (AvgIpc) is 3.00. The third-order valence-corrected chi connectivity index (χ3v) is 3.77. The van der Waals surface area contributed by atoms with Crippen LogP contribution in [0.15, 0.2) is 36.4 Å². The largest absolute Gasteiger partial charge is 0.420 e. The van der Waals surface area contributed by atoms with Crippen LogP contribution in [0, 0.1) is 6.92 Å². The van der Waals surface area contributed by atoms with Gasteiger partial charge in [0.05, 0.1) is 0 Å². The predicted molar refractivity (Wildman–Crippen MR) is 82.2 cm³/mol. The molecule has 1 aromatic heterocycles. The van der Waals surface area contributed by atoms with Crippen molar-refractivity contribution >= 4 is 17.7 Å². The zero-order valence-corrected chi connectivity index (χ0v) is 12.6. The van der Waals surface area contributed by atoms with Crippen molar-refractivity contribution < 1.29 is 14.6 Å². The number of amides is 1. The highest BCUT2D eigenvalue weighted by molar-refractivity contribution is 5.90. The number of carbonyl (C=O) groups is 1. The van der Waals surface area contributed by atoms with E-state index < -0.39 is 12.2 Å². The van der Waals surface area contributed by atoms with Gasteiger partial charge >= 0.3 is 6.09 Å². The van der Waals surface area contributed by atoms with Crippen molar-refractivity contribution in [1.29, 1.82) is 0 Å². The molecule has 1 unspecified atom stereocenters. The molecule has 2 aromatic rings. The van der Waals surface area contributed by atoms with Crippen molar-refractivity contribution in [1.82, 2.24) is 9.78 Å². The molecule has 3 rings (SSSR count). The van der Waals surface area contributed by atoms with E-state index in [4.69, 9.17) is 4.74 Å². The molecule has 0 saturated heterocycles. The molecule has 1 aromatic carbocycles. The molecule has 1 N–H and O–H groups in total. The van der Waals surface area contributed by atoms with Crippen molar-refractivity contribution in [2.45, 2.75) is 13.0 Å². The molecule has 1 heterocycles. The quantitative estimate of drug-likeness (QED) is 0.924. The summed E-state index contributed by atoms with van der Waals surface area (Å²) in [6.45, 7) is 1.90. The van der Waals surface area contributed by atoms with E-state index in [-0.39, 0.29) is 0 Å². The van der Waals surface area contributed by atoms with Crippen LogP contribution in [0.25, 0.3) is 5.76 Å². The first-order chi connectivity index (χ1) is 10.5. The van der Waals surface area contributed by atoms with Crippen LogP contribution in [0.5, 0.6) is 0 Å². The molecule has 0 spiro atoms. The van der Waals surface area contributed by atoms with Gasteiger partial charge in [-0.25, -0.2) is 4.79 Å². The number of aromatic nitrogens is 2. The molecule has 6 heteroatoms. The summed E-state index contributed by atoms with van der Waals surface area (Å²) in [7, 11) is 3.41. The minimum atomic E-state index is -0.749. The van der Waals surface area contributed by atoms with Crippen LogP contribution in [0.2, 0.25) is 0 Å². The maximum absolute atomic E-state index is 12.3. The number of nitrogens with zero attached hydrogens (tertiary/aromatic N) is 3. The summed E-state index contributed by atoms with van der Waals surface area (Å²) in [5.41, 5.74) is 2.41. The number of fused-ring (bicyclic) bond motifs is 1. The Morgan fingerprint density at radius 3 is 2.82 bits per heavy atom. The summed E-state index contributed by atoms with van der Waals surface area (Å²) in [5.74, 6) is 0.880. The monoisotopic (exact) mass is 299 g/mol. The molecule has 0 radical (unpaired) electrons. The number of carbonyl (C=O) groups excluding carboxylic acids is 1. The second-order valence-electron chi connectivity index (χ2n) is 5.26. The Balaban J connectivity index is 1.79. The summed E-state index contributed by atoms with van der Waals surface area (Å²) in [6, 6.07) is 9.10. The van der Waals surface area contributed by atoms with E-state index in [9.17, 15) is 9.90 Å². The first-order valence-corrected chi connectivity index (χ1v) is 6.92. The van der Waals surface area contributed by atoms with E-state index in [2.05, 4.69) is 5.10 Å². The summed E-state index contributed by atoms with van der Waals surface area (Å²) >= 11 is 0. The smallest absolute Gasteiger partial charge is 0.410 e. The maximum Gasteiger partial charge on any atom is 0.420 e. The maximum atomic E-state index is 12.3. The second-order valence-corrected chi connectivity index (χ2v) is 5.26. The number of anilines is 1. The Bertz CT molecular complexity index is 744. The Hall–Kier alpha value is -2.60. The predicted octanol–water partition coefficient (Wildman–Crippen LogP) is 2.39. The molecule has 0 bridgehead atoms. The number of hydrogen-bond acceptors (Lipinski definition) is 4. The van der Waals surface area contributed by atoms with E-state index in [1.807, 2.05) is 38.2 Å². The van der Waals surface area contributed by atoms with Gasteiger partial charge in [-0.2, -0.15) is 5.10 Å². The molecule has 1 atom stereocenters. The van der Waals surface area contributed by atoms with Gasteiger partial charge in [0.2, 0.25) is 0 Å². The average molecular weight is 299 g/mol. The molecule has 0 saturated carbocycles. The van der Waals surface area contributed by atoms with Gasteiger partial charge in [0.25, 0.3) is 0 Å². The molecule has 114 valence electrons. The Kier molecular flexibility index (Phi) is 3.46. The van der Waals surface area contributed by atoms with Crippen molar-refractivity contribution in [3.63, 3.8) is 0 Å². The molecule has 1 aliphatic rings. The standard InChI is InChI=1S/C16H17N3O3/c1-10-8-15(17-19(10)3)18(2)16(21)22-14-9-13(20)11-6-4-5-7-12(11)14/h4-9,13,20H,1-3H3. The molecule has 0 fully saturated rings. The minimum absolute atomic E-state index is 0.368. The van der Waals surface area contributed by atoms with Crippen LogP contribution < -0.4 is 4.90 Å². The van der Waals surface area contributed by atoms with E-state index in [0.717, 1.165) is 16.8 Å². The molecule has 6 nitrogen and oxygen atoms in total. The third-order valence-electron chi connectivity index (χ3n) is 3.77. The van der Waals surface area contributed by atoms with Crippen LogP contribution in [-0.4, -0.2) is 28.0 Å². The van der Waals surface area contributed by atoms with Crippen LogP contribution in [-0.2, 0) is 11.8 Å². The number of ether oxygens (including phenoxy) is 1. The lowest BCUT2D eigenvalue weighted by atomic mass is 10.1. The van der Waals surface area contributed by atoms with Crippen molar-refractivity contribution in [3.05, 3.63) is 53.2 Å². The summed E-state index contributed by atoms with van der Waals surface area (Å²) in [5, 5.41) is 14.2. The third kappa shape index (κ3) is 2.37. The Morgan fingerprint density at radius 1 is 1.41 bits per heavy atom. The summed E-state index contributed by atoms with van der Waals surface area (Å²) < 4.78 is 7.10. The normalized spacial score (nSPS) is 16.2. The fourth-order valence-electron chi connectivity index (χ4n) is 2.35. The lowest BCUT2D eigenvalue weighted by Gasteiger charge is -2.15. The molecule has 22 heavy (non-hydrogen) atoms. The number of rotatable bonds is 2.